The number of hydrogen-bond donors (Lipinski definition) is 0. The Bertz CT molecular complexity index is 1330. The molecule has 1 aromatic heterocycles. The molecule has 4 rings (SSSR count). The quantitative estimate of drug-likeness (QED) is 0.164. The fraction of sp³-hybridized carbons (Fsp3) is 0.0476. The van der Waals surface area contributed by atoms with Gasteiger partial charge in [0.2, 0.25) is 0 Å². The molecule has 3 aromatic carbocycles. The second-order valence-corrected chi connectivity index (χ2v) is 8.52. The van der Waals surface area contributed by atoms with Crippen LogP contribution in [0.5, 0.6) is 0 Å². The molecule has 0 spiro atoms. The third-order valence-electron chi connectivity index (χ3n) is 4.58. The molecule has 1 heterocycles. The third-order valence-corrected chi connectivity index (χ3v) is 6.32. The van der Waals surface area contributed by atoms with Crippen LogP contribution in [0.4, 0.5) is 11.4 Å². The van der Waals surface area contributed by atoms with Crippen LogP contribution < -0.4 is 0 Å². The number of non-ortho nitro benzene ring substituents is 2. The normalized spacial score (nSPS) is 10.8. The van der Waals surface area contributed by atoms with Crippen molar-refractivity contribution in [3.05, 3.63) is 103 Å². The number of nitro benzene ring substituents is 2. The van der Waals surface area contributed by atoms with E-state index in [0.717, 1.165) is 11.6 Å². The number of benzene rings is 3. The highest BCUT2D eigenvalue weighted by atomic mass is 35.5. The third kappa shape index (κ3) is 4.98. The minimum atomic E-state index is -0.660. The Hall–Kier alpha value is -3.47. The highest BCUT2D eigenvalue weighted by molar-refractivity contribution is 7.98. The zero-order valence-corrected chi connectivity index (χ0v) is 18.9. The van der Waals surface area contributed by atoms with Crippen molar-refractivity contribution in [2.45, 2.75) is 10.9 Å². The highest BCUT2D eigenvalue weighted by Crippen LogP contribution is 2.33. The molecular formula is C21H13Cl2N5O4S. The van der Waals surface area contributed by atoms with Gasteiger partial charge in [0.1, 0.15) is 0 Å². The topological polar surface area (TPSA) is 117 Å². The van der Waals surface area contributed by atoms with Gasteiger partial charge in [-0.3, -0.25) is 24.8 Å². The van der Waals surface area contributed by atoms with Crippen LogP contribution in [0.25, 0.3) is 17.1 Å². The van der Waals surface area contributed by atoms with Gasteiger partial charge in [-0.05, 0) is 23.8 Å². The molecule has 0 fully saturated rings. The average Bonchev–Trinajstić information content (AvgIpc) is 3.23. The number of nitro groups is 2. The molecular weight excluding hydrogens is 489 g/mol. The van der Waals surface area contributed by atoms with Crippen LogP contribution >= 0.6 is 35.0 Å². The lowest BCUT2D eigenvalue weighted by Crippen LogP contribution is -2.00. The maximum Gasteiger partial charge on any atom is 0.276 e. The minimum Gasteiger partial charge on any atom is -0.270 e. The van der Waals surface area contributed by atoms with Crippen LogP contribution in [0.3, 0.4) is 0 Å². The summed E-state index contributed by atoms with van der Waals surface area (Å²) in [7, 11) is 0. The molecule has 0 bridgehead atoms. The van der Waals surface area contributed by atoms with Gasteiger partial charge in [-0.25, -0.2) is 0 Å². The van der Waals surface area contributed by atoms with Gasteiger partial charge in [0.15, 0.2) is 11.0 Å². The summed E-state index contributed by atoms with van der Waals surface area (Å²) in [6, 6.07) is 18.0. The van der Waals surface area contributed by atoms with Crippen molar-refractivity contribution in [2.24, 2.45) is 0 Å². The molecule has 9 nitrogen and oxygen atoms in total. The molecule has 12 heteroatoms. The van der Waals surface area contributed by atoms with Gasteiger partial charge in [0.05, 0.1) is 31.6 Å². The molecule has 0 atom stereocenters. The van der Waals surface area contributed by atoms with Gasteiger partial charge in [-0.15, -0.1) is 10.2 Å². The van der Waals surface area contributed by atoms with Crippen LogP contribution in [-0.4, -0.2) is 24.6 Å². The molecule has 0 aliphatic carbocycles. The Morgan fingerprint density at radius 3 is 2.12 bits per heavy atom. The monoisotopic (exact) mass is 501 g/mol. The molecule has 0 aliphatic rings. The van der Waals surface area contributed by atoms with Crippen molar-refractivity contribution >= 4 is 46.3 Å². The second kappa shape index (κ2) is 9.57. The van der Waals surface area contributed by atoms with Crippen molar-refractivity contribution in [3.8, 4) is 17.1 Å². The van der Waals surface area contributed by atoms with Gasteiger partial charge in [-0.2, -0.15) is 0 Å². The van der Waals surface area contributed by atoms with E-state index in [1.165, 1.54) is 23.9 Å². The first kappa shape index (κ1) is 22.7. The first-order valence-corrected chi connectivity index (χ1v) is 11.1. The first-order chi connectivity index (χ1) is 15.8. The van der Waals surface area contributed by atoms with Crippen LogP contribution in [0, 0.1) is 20.2 Å². The summed E-state index contributed by atoms with van der Waals surface area (Å²) >= 11 is 13.5. The second-order valence-electron chi connectivity index (χ2n) is 6.77. The first-order valence-electron chi connectivity index (χ1n) is 9.35. The zero-order chi connectivity index (χ0) is 23.5. The van der Waals surface area contributed by atoms with Crippen molar-refractivity contribution in [1.82, 2.24) is 14.8 Å². The van der Waals surface area contributed by atoms with E-state index in [2.05, 4.69) is 10.2 Å². The smallest absolute Gasteiger partial charge is 0.270 e. The molecule has 0 aliphatic heterocycles. The number of aromatic nitrogens is 3. The average molecular weight is 502 g/mol. The molecule has 0 unspecified atom stereocenters. The van der Waals surface area contributed by atoms with E-state index in [1.54, 1.807) is 22.8 Å². The molecule has 0 saturated heterocycles. The van der Waals surface area contributed by atoms with Gasteiger partial charge >= 0.3 is 0 Å². The summed E-state index contributed by atoms with van der Waals surface area (Å²) in [4.78, 5) is 21.1. The van der Waals surface area contributed by atoms with Crippen LogP contribution in [-0.2, 0) is 5.75 Å². The number of hydrogen-bond acceptors (Lipinski definition) is 7. The molecule has 0 amide bonds. The zero-order valence-electron chi connectivity index (χ0n) is 16.6. The lowest BCUT2D eigenvalue weighted by atomic mass is 10.2. The summed E-state index contributed by atoms with van der Waals surface area (Å²) < 4.78 is 1.79. The SMILES string of the molecule is O=[N+]([O-])c1cc(CSc2nnc(-c3ccccc3)n2-c2ccc(Cl)c(Cl)c2)cc([N+](=O)[O-])c1. The molecule has 166 valence electrons. The van der Waals surface area contributed by atoms with E-state index in [9.17, 15) is 20.2 Å². The maximum absolute atomic E-state index is 11.2. The maximum atomic E-state index is 11.2. The summed E-state index contributed by atoms with van der Waals surface area (Å²) in [6.45, 7) is 0. The Morgan fingerprint density at radius 2 is 1.52 bits per heavy atom. The minimum absolute atomic E-state index is 0.191. The van der Waals surface area contributed by atoms with E-state index in [4.69, 9.17) is 23.2 Å². The van der Waals surface area contributed by atoms with Gasteiger partial charge in [-0.1, -0.05) is 65.3 Å². The van der Waals surface area contributed by atoms with E-state index in [1.807, 2.05) is 30.3 Å². The standard InChI is InChI=1S/C21H13Cl2N5O4S/c22-18-7-6-15(11-19(18)23)26-20(14-4-2-1-3-5-14)24-25-21(26)33-12-13-8-16(27(29)30)10-17(9-13)28(31)32/h1-11H,12H2. The Balaban J connectivity index is 1.74. The van der Waals surface area contributed by atoms with Gasteiger partial charge in [0, 0.05) is 23.4 Å². The van der Waals surface area contributed by atoms with Gasteiger partial charge in [0.25, 0.3) is 11.4 Å². The van der Waals surface area contributed by atoms with Crippen molar-refractivity contribution in [3.63, 3.8) is 0 Å². The number of nitrogens with zero attached hydrogens (tertiary/aromatic N) is 5. The lowest BCUT2D eigenvalue weighted by molar-refractivity contribution is -0.394. The highest BCUT2D eigenvalue weighted by Gasteiger charge is 2.20. The summed E-state index contributed by atoms with van der Waals surface area (Å²) in [5, 5.41) is 32.2. The summed E-state index contributed by atoms with van der Waals surface area (Å²) in [5.74, 6) is 0.748. The number of thioether (sulfide) groups is 1. The van der Waals surface area contributed by atoms with Crippen molar-refractivity contribution in [1.29, 1.82) is 0 Å². The molecule has 0 radical (unpaired) electrons. The number of rotatable bonds is 7. The predicted octanol–water partition coefficient (Wildman–Crippen LogP) is 6.35. The van der Waals surface area contributed by atoms with Crippen molar-refractivity contribution < 1.29 is 9.85 Å². The summed E-state index contributed by atoms with van der Waals surface area (Å²) in [6.07, 6.45) is 0. The molecule has 0 saturated carbocycles. The van der Waals surface area contributed by atoms with Crippen LogP contribution in [0.2, 0.25) is 10.0 Å². The van der Waals surface area contributed by atoms with Crippen molar-refractivity contribution in [2.75, 3.05) is 0 Å². The fourth-order valence-corrected chi connectivity index (χ4v) is 4.27. The van der Waals surface area contributed by atoms with E-state index in [0.29, 0.717) is 32.3 Å². The van der Waals surface area contributed by atoms with Crippen LogP contribution in [0.15, 0.2) is 71.9 Å². The van der Waals surface area contributed by atoms with E-state index < -0.39 is 9.85 Å². The Labute approximate surface area is 201 Å². The Kier molecular flexibility index (Phi) is 6.59. The van der Waals surface area contributed by atoms with E-state index in [-0.39, 0.29) is 17.1 Å². The predicted molar refractivity (Wildman–Crippen MR) is 126 cm³/mol. The number of halogens is 2. The molecule has 33 heavy (non-hydrogen) atoms. The van der Waals surface area contributed by atoms with Gasteiger partial charge < -0.3 is 0 Å². The largest absolute Gasteiger partial charge is 0.276 e. The van der Waals surface area contributed by atoms with Crippen LogP contribution in [0.1, 0.15) is 5.56 Å². The van der Waals surface area contributed by atoms with E-state index >= 15 is 0 Å². The summed E-state index contributed by atoms with van der Waals surface area (Å²) in [5.41, 5.74) is 1.19. The Morgan fingerprint density at radius 1 is 0.848 bits per heavy atom. The molecule has 4 aromatic rings. The molecule has 0 N–H and O–H groups in total. The lowest BCUT2D eigenvalue weighted by Gasteiger charge is -2.11. The fourth-order valence-electron chi connectivity index (χ4n) is 3.09.